The molecule has 4 aliphatic rings. The molecule has 7 unspecified atom stereocenters. The van der Waals surface area contributed by atoms with Gasteiger partial charge in [-0.1, -0.05) is 12.2 Å². The van der Waals surface area contributed by atoms with Crippen LogP contribution in [-0.2, 0) is 9.53 Å². The molecule has 0 aromatic heterocycles. The lowest BCUT2D eigenvalue weighted by molar-refractivity contribution is -0.361. The molecule has 2 nitrogen and oxygen atoms in total. The Labute approximate surface area is 151 Å². The molecule has 3 fully saturated rings. The van der Waals surface area contributed by atoms with Gasteiger partial charge >= 0.3 is 23.9 Å². The van der Waals surface area contributed by atoms with Crippen LogP contribution in [0.25, 0.3) is 0 Å². The number of ether oxygens (including phenoxy) is 1. The Morgan fingerprint density at radius 3 is 2.08 bits per heavy atom. The molecule has 3 saturated carbocycles. The summed E-state index contributed by atoms with van der Waals surface area (Å²) in [6.45, 7) is 0. The number of alkyl halides is 6. The van der Waals surface area contributed by atoms with Crippen molar-refractivity contribution in [2.75, 3.05) is 5.75 Å². The van der Waals surface area contributed by atoms with Crippen LogP contribution >= 0.6 is 12.6 Å². The van der Waals surface area contributed by atoms with Crippen molar-refractivity contribution < 1.29 is 35.9 Å². The smallest absolute Gasteiger partial charge is 0.438 e. The van der Waals surface area contributed by atoms with Crippen molar-refractivity contribution in [3.8, 4) is 0 Å². The van der Waals surface area contributed by atoms with Crippen LogP contribution < -0.4 is 0 Å². The zero-order valence-corrected chi connectivity index (χ0v) is 14.5. The largest absolute Gasteiger partial charge is 0.438 e. The number of rotatable bonds is 3. The van der Waals surface area contributed by atoms with Crippen LogP contribution in [0.15, 0.2) is 12.2 Å². The van der Waals surface area contributed by atoms with Gasteiger partial charge in [0.1, 0.15) is 0 Å². The summed E-state index contributed by atoms with van der Waals surface area (Å²) in [4.78, 5) is 12.4. The highest BCUT2D eigenvalue weighted by molar-refractivity contribution is 7.80. The number of hydrogen-bond donors (Lipinski definition) is 1. The summed E-state index contributed by atoms with van der Waals surface area (Å²) in [5, 5.41) is 0. The van der Waals surface area contributed by atoms with Crippen LogP contribution in [0.4, 0.5) is 26.3 Å². The Kier molecular flexibility index (Phi) is 3.97. The Bertz CT molecular complexity index is 628. The maximum Gasteiger partial charge on any atom is 0.438 e. The molecule has 0 radical (unpaired) electrons. The zero-order valence-electron chi connectivity index (χ0n) is 13.6. The summed E-state index contributed by atoms with van der Waals surface area (Å²) >= 11 is 3.23. The molecule has 0 spiro atoms. The van der Waals surface area contributed by atoms with Crippen molar-refractivity contribution in [2.45, 2.75) is 37.2 Å². The van der Waals surface area contributed by atoms with Gasteiger partial charge in [0.25, 0.3) is 0 Å². The molecular weight excluding hydrogens is 382 g/mol. The number of thiol groups is 1. The van der Waals surface area contributed by atoms with E-state index in [1.165, 1.54) is 0 Å². The second-order valence-electron chi connectivity index (χ2n) is 8.01. The van der Waals surface area contributed by atoms with Gasteiger partial charge in [-0.3, -0.25) is 4.79 Å². The average molecular weight is 400 g/mol. The first-order valence-electron chi connectivity index (χ1n) is 8.65. The van der Waals surface area contributed by atoms with E-state index < -0.39 is 35.6 Å². The molecule has 26 heavy (non-hydrogen) atoms. The summed E-state index contributed by atoms with van der Waals surface area (Å²) in [7, 11) is 0. The predicted molar refractivity (Wildman–Crippen MR) is 82.2 cm³/mol. The van der Waals surface area contributed by atoms with Crippen molar-refractivity contribution in [3.05, 3.63) is 12.2 Å². The van der Waals surface area contributed by atoms with E-state index in [0.717, 1.165) is 6.42 Å². The van der Waals surface area contributed by atoms with Crippen molar-refractivity contribution in [1.82, 2.24) is 0 Å². The molecule has 0 amide bonds. The van der Waals surface area contributed by atoms with Crippen molar-refractivity contribution in [1.29, 1.82) is 0 Å². The fourth-order valence-corrected chi connectivity index (χ4v) is 6.45. The highest BCUT2D eigenvalue weighted by Gasteiger charge is 2.74. The van der Waals surface area contributed by atoms with E-state index in [1.807, 2.05) is 0 Å². The third-order valence-electron chi connectivity index (χ3n) is 6.99. The molecule has 4 bridgehead atoms. The van der Waals surface area contributed by atoms with Gasteiger partial charge < -0.3 is 4.74 Å². The number of esters is 1. The van der Waals surface area contributed by atoms with Crippen molar-refractivity contribution >= 4 is 18.6 Å². The molecule has 4 rings (SSSR count). The second kappa shape index (κ2) is 5.58. The number of halogens is 6. The van der Waals surface area contributed by atoms with Gasteiger partial charge in [0.2, 0.25) is 0 Å². The third-order valence-corrected chi connectivity index (χ3v) is 7.43. The lowest BCUT2D eigenvalue weighted by Crippen LogP contribution is -2.61. The maximum absolute atomic E-state index is 13.2. The van der Waals surface area contributed by atoms with Crippen molar-refractivity contribution in [2.24, 2.45) is 41.4 Å². The van der Waals surface area contributed by atoms with Gasteiger partial charge in [0.15, 0.2) is 0 Å². The summed E-state index contributed by atoms with van der Waals surface area (Å²) in [5.74, 6) is -2.63. The Hall–Kier alpha value is -0.860. The normalized spacial score (nSPS) is 41.0. The van der Waals surface area contributed by atoms with E-state index in [2.05, 4.69) is 29.5 Å². The Balaban J connectivity index is 1.56. The molecule has 9 heteroatoms. The van der Waals surface area contributed by atoms with Gasteiger partial charge in [-0.15, -0.1) is 0 Å². The van der Waals surface area contributed by atoms with Crippen LogP contribution in [0.2, 0.25) is 0 Å². The standard InChI is InChI=1S/C17H18F6O2S/c18-16(19,20)15(6-26,17(21,22)23)25-14(24)11-5-9-4-10(11)13-8-2-1-7(3-8)12(9)13/h1-2,7-13,26H,3-6H2. The summed E-state index contributed by atoms with van der Waals surface area (Å²) in [5.41, 5.74) is -4.56. The first-order valence-corrected chi connectivity index (χ1v) is 9.29. The van der Waals surface area contributed by atoms with Gasteiger partial charge in [-0.2, -0.15) is 39.0 Å². The van der Waals surface area contributed by atoms with Gasteiger partial charge in [0, 0.05) is 5.75 Å². The molecular formula is C17H18F6O2S. The number of allylic oxidation sites excluding steroid dienone is 2. The lowest BCUT2D eigenvalue weighted by atomic mass is 9.69. The van der Waals surface area contributed by atoms with Gasteiger partial charge in [-0.05, 0) is 54.8 Å². The van der Waals surface area contributed by atoms with Gasteiger partial charge in [-0.25, -0.2) is 0 Å². The molecule has 0 saturated heterocycles. The van der Waals surface area contributed by atoms with Crippen LogP contribution in [0, 0.1) is 41.4 Å². The highest BCUT2D eigenvalue weighted by atomic mass is 32.1. The predicted octanol–water partition coefficient (Wildman–Crippen LogP) is 4.42. The summed E-state index contributed by atoms with van der Waals surface area (Å²) in [6, 6.07) is 0. The molecule has 0 aliphatic heterocycles. The minimum Gasteiger partial charge on any atom is -0.438 e. The monoisotopic (exact) mass is 400 g/mol. The number of carbonyl (C=O) groups is 1. The second-order valence-corrected chi connectivity index (χ2v) is 8.32. The topological polar surface area (TPSA) is 26.3 Å². The van der Waals surface area contributed by atoms with E-state index in [4.69, 9.17) is 0 Å². The van der Waals surface area contributed by atoms with E-state index in [-0.39, 0.29) is 23.7 Å². The molecule has 146 valence electrons. The number of hydrogen-bond acceptors (Lipinski definition) is 3. The Morgan fingerprint density at radius 2 is 1.54 bits per heavy atom. The first kappa shape index (κ1) is 18.5. The van der Waals surface area contributed by atoms with E-state index in [9.17, 15) is 31.1 Å². The third kappa shape index (κ3) is 2.31. The van der Waals surface area contributed by atoms with E-state index in [1.54, 1.807) is 0 Å². The molecule has 0 N–H and O–H groups in total. The fourth-order valence-electron chi connectivity index (χ4n) is 6.02. The average Bonchev–Trinajstić information content (AvgIpc) is 3.26. The maximum atomic E-state index is 13.2. The van der Waals surface area contributed by atoms with Crippen molar-refractivity contribution in [3.63, 3.8) is 0 Å². The minimum atomic E-state index is -5.78. The first-order chi connectivity index (χ1) is 12.0. The van der Waals surface area contributed by atoms with Crippen LogP contribution in [-0.4, -0.2) is 29.7 Å². The number of carbonyl (C=O) groups excluding carboxylic acids is 1. The van der Waals surface area contributed by atoms with E-state index >= 15 is 0 Å². The SMILES string of the molecule is O=C(OC(CS)(C(F)(F)F)C(F)(F)F)C1CC2CC1C1C3C=CC(C3)C21. The zero-order chi connectivity index (χ0) is 19.1. The van der Waals surface area contributed by atoms with E-state index in [0.29, 0.717) is 24.7 Å². The van der Waals surface area contributed by atoms with Crippen LogP contribution in [0.5, 0.6) is 0 Å². The van der Waals surface area contributed by atoms with Crippen LogP contribution in [0.1, 0.15) is 19.3 Å². The number of fused-ring (bicyclic) bond motifs is 9. The molecule has 0 heterocycles. The molecule has 4 aliphatic carbocycles. The molecule has 7 atom stereocenters. The summed E-state index contributed by atoms with van der Waals surface area (Å²) in [6.07, 6.45) is -5.32. The lowest BCUT2D eigenvalue weighted by Gasteiger charge is -2.39. The molecule has 0 aromatic carbocycles. The summed E-state index contributed by atoms with van der Waals surface area (Å²) < 4.78 is 83.3. The highest BCUT2D eigenvalue weighted by Crippen LogP contribution is 2.67. The van der Waals surface area contributed by atoms with Gasteiger partial charge in [0.05, 0.1) is 5.92 Å². The minimum absolute atomic E-state index is 0.184. The van der Waals surface area contributed by atoms with Crippen LogP contribution in [0.3, 0.4) is 0 Å². The fraction of sp³-hybridized carbons (Fsp3) is 0.824. The molecule has 0 aromatic rings. The Morgan fingerprint density at radius 1 is 0.962 bits per heavy atom. The quantitative estimate of drug-likeness (QED) is 0.250.